The van der Waals surface area contributed by atoms with Gasteiger partial charge in [-0.25, -0.2) is 0 Å². The zero-order valence-corrected chi connectivity index (χ0v) is 40.5. The highest BCUT2D eigenvalue weighted by atomic mass is 15.2. The lowest BCUT2D eigenvalue weighted by Gasteiger charge is -2.39. The van der Waals surface area contributed by atoms with Crippen LogP contribution in [0.25, 0.3) is 72.0 Å². The SMILES string of the molecule is CC1(C)c2ccccc2-c2c(N(c3ccc4c(c3)C3(c5ccccc5-c5ccccc53)c3ccccc3-4)c3cccc4c3-c3ccccc3C43c4ccccc4-n4c5ccccc5c5cccc3c54)cccc21. The molecule has 2 heterocycles. The number of aromatic nitrogens is 1. The second kappa shape index (κ2) is 13.7. The molecule has 1 atom stereocenters. The number of anilines is 3. The van der Waals surface area contributed by atoms with Gasteiger partial charge in [-0.15, -0.1) is 0 Å². The first kappa shape index (κ1) is 39.7. The Morgan fingerprint density at radius 2 is 0.753 bits per heavy atom. The molecule has 17 rings (SSSR count). The Hall–Kier alpha value is -8.98. The molecule has 11 aromatic carbocycles. The highest BCUT2D eigenvalue weighted by Crippen LogP contribution is 2.66. The van der Waals surface area contributed by atoms with E-state index in [2.05, 4.69) is 266 Å². The fourth-order valence-electron chi connectivity index (χ4n) is 15.3. The topological polar surface area (TPSA) is 8.17 Å². The molecule has 340 valence electrons. The lowest BCUT2D eigenvalue weighted by atomic mass is 9.65. The van der Waals surface area contributed by atoms with Crippen molar-refractivity contribution in [2.24, 2.45) is 0 Å². The molecule has 1 aliphatic heterocycles. The van der Waals surface area contributed by atoms with E-state index in [1.165, 1.54) is 139 Å². The van der Waals surface area contributed by atoms with Gasteiger partial charge in [0.15, 0.2) is 0 Å². The van der Waals surface area contributed by atoms with Crippen molar-refractivity contribution in [3.8, 4) is 50.2 Å². The maximum absolute atomic E-state index is 2.65. The van der Waals surface area contributed by atoms with Crippen molar-refractivity contribution < 1.29 is 0 Å². The first-order chi connectivity index (χ1) is 36.0. The summed E-state index contributed by atoms with van der Waals surface area (Å²) in [4.78, 5) is 2.65. The van der Waals surface area contributed by atoms with Gasteiger partial charge in [0, 0.05) is 33.0 Å². The van der Waals surface area contributed by atoms with E-state index in [-0.39, 0.29) is 5.41 Å². The maximum Gasteiger partial charge on any atom is 0.0755 e. The number of benzene rings is 11. The number of para-hydroxylation sites is 3. The average Bonchev–Trinajstić information content (AvgIpc) is 4.21. The van der Waals surface area contributed by atoms with Gasteiger partial charge in [-0.05, 0) is 125 Å². The molecule has 0 amide bonds. The minimum atomic E-state index is -0.595. The normalized spacial score (nSPS) is 16.6. The summed E-state index contributed by atoms with van der Waals surface area (Å²) in [6, 6.07) is 92.8. The monoisotopic (exact) mass is 926 g/mol. The molecule has 0 radical (unpaired) electrons. The van der Waals surface area contributed by atoms with E-state index in [1.54, 1.807) is 0 Å². The van der Waals surface area contributed by atoms with Crippen molar-refractivity contribution in [1.82, 2.24) is 4.57 Å². The van der Waals surface area contributed by atoms with Crippen LogP contribution in [-0.4, -0.2) is 4.57 Å². The highest BCUT2D eigenvalue weighted by molar-refractivity contribution is 6.13. The van der Waals surface area contributed by atoms with Gasteiger partial charge in [0.25, 0.3) is 0 Å². The summed E-state index contributed by atoms with van der Waals surface area (Å²) in [5, 5.41) is 2.57. The Morgan fingerprint density at radius 1 is 0.315 bits per heavy atom. The first-order valence-electron chi connectivity index (χ1n) is 25.9. The molecular weight excluding hydrogens is 881 g/mol. The molecule has 0 bridgehead atoms. The Morgan fingerprint density at radius 3 is 1.42 bits per heavy atom. The van der Waals surface area contributed by atoms with Crippen molar-refractivity contribution in [3.05, 3.63) is 298 Å². The van der Waals surface area contributed by atoms with Gasteiger partial charge in [0.2, 0.25) is 0 Å². The zero-order valence-electron chi connectivity index (χ0n) is 40.5. The summed E-state index contributed by atoms with van der Waals surface area (Å²) >= 11 is 0. The second-order valence-corrected chi connectivity index (χ2v) is 21.4. The number of rotatable bonds is 3. The van der Waals surface area contributed by atoms with Gasteiger partial charge in [0.05, 0.1) is 38.9 Å². The molecule has 2 spiro atoms. The van der Waals surface area contributed by atoms with E-state index in [0.717, 1.165) is 5.69 Å². The predicted octanol–water partition coefficient (Wildman–Crippen LogP) is 17.6. The molecule has 5 aliphatic rings. The molecule has 1 aromatic heterocycles. The Balaban J connectivity index is 1.00. The van der Waals surface area contributed by atoms with Gasteiger partial charge in [-0.2, -0.15) is 0 Å². The molecule has 73 heavy (non-hydrogen) atoms. The van der Waals surface area contributed by atoms with Crippen LogP contribution in [0.3, 0.4) is 0 Å². The largest absolute Gasteiger partial charge is 0.309 e. The fourth-order valence-corrected chi connectivity index (χ4v) is 15.3. The molecule has 4 aliphatic carbocycles. The van der Waals surface area contributed by atoms with Gasteiger partial charge in [0.1, 0.15) is 0 Å². The van der Waals surface area contributed by atoms with Gasteiger partial charge in [-0.3, -0.25) is 0 Å². The van der Waals surface area contributed by atoms with Crippen LogP contribution in [0.2, 0.25) is 0 Å². The molecular formula is C71H46N2. The van der Waals surface area contributed by atoms with Gasteiger partial charge < -0.3 is 9.47 Å². The van der Waals surface area contributed by atoms with E-state index in [9.17, 15) is 0 Å². The summed E-state index contributed by atoms with van der Waals surface area (Å²) in [5.74, 6) is 0. The molecule has 2 heteroatoms. The third-order valence-corrected chi connectivity index (χ3v) is 18.0. The van der Waals surface area contributed by atoms with Gasteiger partial charge in [-0.1, -0.05) is 220 Å². The van der Waals surface area contributed by atoms with Crippen LogP contribution in [0.4, 0.5) is 17.1 Å². The third kappa shape index (κ3) is 4.55. The lowest BCUT2D eigenvalue weighted by Crippen LogP contribution is -2.33. The maximum atomic E-state index is 2.65. The van der Waals surface area contributed by atoms with Crippen LogP contribution in [-0.2, 0) is 16.2 Å². The fraction of sp³-hybridized carbons (Fsp3) is 0.0704. The van der Waals surface area contributed by atoms with E-state index >= 15 is 0 Å². The van der Waals surface area contributed by atoms with E-state index in [0.29, 0.717) is 0 Å². The van der Waals surface area contributed by atoms with Crippen molar-refractivity contribution in [3.63, 3.8) is 0 Å². The van der Waals surface area contributed by atoms with Crippen molar-refractivity contribution in [1.29, 1.82) is 0 Å². The Bertz CT molecular complexity index is 4380. The third-order valence-electron chi connectivity index (χ3n) is 18.0. The van der Waals surface area contributed by atoms with Crippen LogP contribution in [0, 0.1) is 0 Å². The van der Waals surface area contributed by atoms with E-state index in [1.807, 2.05) is 0 Å². The summed E-state index contributed by atoms with van der Waals surface area (Å²) < 4.78 is 2.54. The first-order valence-corrected chi connectivity index (χ1v) is 25.9. The van der Waals surface area contributed by atoms with Crippen LogP contribution in [0.15, 0.2) is 243 Å². The van der Waals surface area contributed by atoms with E-state index < -0.39 is 10.8 Å². The summed E-state index contributed by atoms with van der Waals surface area (Å²) in [6.07, 6.45) is 0. The van der Waals surface area contributed by atoms with Crippen molar-refractivity contribution in [2.45, 2.75) is 30.1 Å². The molecule has 12 aromatic rings. The number of fused-ring (bicyclic) bond motifs is 25. The van der Waals surface area contributed by atoms with Gasteiger partial charge >= 0.3 is 0 Å². The van der Waals surface area contributed by atoms with Crippen LogP contribution in [0.5, 0.6) is 0 Å². The van der Waals surface area contributed by atoms with E-state index in [4.69, 9.17) is 0 Å². The summed E-state index contributed by atoms with van der Waals surface area (Å²) in [6.45, 7) is 4.80. The highest BCUT2D eigenvalue weighted by Gasteiger charge is 2.54. The molecule has 0 saturated carbocycles. The average molecular weight is 927 g/mol. The van der Waals surface area contributed by atoms with Crippen LogP contribution in [0.1, 0.15) is 69.5 Å². The molecule has 0 fully saturated rings. The number of hydrogen-bond acceptors (Lipinski definition) is 1. The molecule has 2 nitrogen and oxygen atoms in total. The Kier molecular flexibility index (Phi) is 7.45. The minimum Gasteiger partial charge on any atom is -0.309 e. The van der Waals surface area contributed by atoms with Crippen LogP contribution < -0.4 is 4.90 Å². The second-order valence-electron chi connectivity index (χ2n) is 21.4. The lowest BCUT2D eigenvalue weighted by molar-refractivity contribution is 0.660. The minimum absolute atomic E-state index is 0.188. The standard InChI is InChI=1S/C71H46N2/c1-69(2)52-27-9-6-24-50(52)66-58(69)33-18-38-64(66)72(43-40-41-47-46-22-5-12-30-55(46)70(61(47)42-43)53-28-10-3-20-44(53)45-21-4-11-29-54(45)70)65-39-19-34-59-67(65)51-25-7-13-31-56(51)71(59)57-32-14-16-37-63(57)73-62-36-15-8-23-48(62)49-26-17-35-60(71)68(49)73/h3-42H,1-2H3. The molecule has 1 unspecified atom stereocenters. The number of nitrogens with zero attached hydrogens (tertiary/aromatic N) is 2. The Labute approximate surface area is 424 Å². The number of hydrogen-bond donors (Lipinski definition) is 0. The smallest absolute Gasteiger partial charge is 0.0755 e. The molecule has 0 N–H and O–H groups in total. The quantitative estimate of drug-likeness (QED) is 0.171. The molecule has 0 saturated heterocycles. The van der Waals surface area contributed by atoms with Crippen LogP contribution >= 0.6 is 0 Å². The summed E-state index contributed by atoms with van der Waals surface area (Å²) in [7, 11) is 0. The zero-order chi connectivity index (χ0) is 48.0. The van der Waals surface area contributed by atoms with Crippen molar-refractivity contribution in [2.75, 3.05) is 4.90 Å². The summed E-state index contributed by atoms with van der Waals surface area (Å²) in [5.41, 5.74) is 29.7. The van der Waals surface area contributed by atoms with Crippen molar-refractivity contribution >= 4 is 38.9 Å². The predicted molar refractivity (Wildman–Crippen MR) is 300 cm³/mol.